The molecular formula is C27H20O7. The lowest BCUT2D eigenvalue weighted by Crippen LogP contribution is -2.01. The molecule has 0 fully saturated rings. The van der Waals surface area contributed by atoms with Crippen LogP contribution < -0.4 is 4.74 Å². The monoisotopic (exact) mass is 456 g/mol. The minimum atomic E-state index is -0.463. The van der Waals surface area contributed by atoms with Crippen LogP contribution in [0.25, 0.3) is 33.3 Å². The van der Waals surface area contributed by atoms with Gasteiger partial charge in [-0.15, -0.1) is 0 Å². The van der Waals surface area contributed by atoms with E-state index in [0.29, 0.717) is 50.1 Å². The SMILES string of the molecule is COC(=O)c1ccc2occ(-c3oc4ccc(C(=O)OC)cc4c3OCc3ccccc3)c2c1. The summed E-state index contributed by atoms with van der Waals surface area (Å²) in [6, 6.07) is 19.7. The van der Waals surface area contributed by atoms with Crippen LogP contribution in [0.15, 0.2) is 81.8 Å². The number of furan rings is 2. The highest BCUT2D eigenvalue weighted by molar-refractivity contribution is 6.04. The molecule has 2 aromatic heterocycles. The van der Waals surface area contributed by atoms with Crippen LogP contribution in [-0.2, 0) is 16.1 Å². The highest BCUT2D eigenvalue weighted by Crippen LogP contribution is 2.44. The Kier molecular flexibility index (Phi) is 5.51. The molecule has 2 heterocycles. The maximum Gasteiger partial charge on any atom is 0.337 e. The van der Waals surface area contributed by atoms with Crippen molar-refractivity contribution in [1.82, 2.24) is 0 Å². The first-order chi connectivity index (χ1) is 16.6. The van der Waals surface area contributed by atoms with Crippen molar-refractivity contribution < 1.29 is 32.6 Å². The molecule has 7 nitrogen and oxygen atoms in total. The summed E-state index contributed by atoms with van der Waals surface area (Å²) < 4.78 is 27.9. The average molecular weight is 456 g/mol. The third-order valence-corrected chi connectivity index (χ3v) is 5.53. The molecule has 0 radical (unpaired) electrons. The number of ether oxygens (including phenoxy) is 3. The van der Waals surface area contributed by atoms with Gasteiger partial charge in [0, 0.05) is 5.39 Å². The second kappa shape index (κ2) is 8.78. The number of fused-ring (bicyclic) bond motifs is 2. The Bertz CT molecular complexity index is 1510. The fraction of sp³-hybridized carbons (Fsp3) is 0.111. The smallest absolute Gasteiger partial charge is 0.337 e. The first-order valence-corrected chi connectivity index (χ1v) is 10.5. The van der Waals surface area contributed by atoms with Crippen molar-refractivity contribution in [2.75, 3.05) is 14.2 Å². The van der Waals surface area contributed by atoms with Gasteiger partial charge in [-0.3, -0.25) is 0 Å². The number of hydrogen-bond acceptors (Lipinski definition) is 7. The first kappa shape index (κ1) is 21.3. The Morgan fingerprint density at radius 1 is 0.794 bits per heavy atom. The van der Waals surface area contributed by atoms with E-state index in [1.54, 1.807) is 42.7 Å². The number of hydrogen-bond donors (Lipinski definition) is 0. The van der Waals surface area contributed by atoms with Crippen LogP contribution in [0.2, 0.25) is 0 Å². The molecule has 0 spiro atoms. The predicted octanol–water partition coefficient (Wildman–Crippen LogP) is 6.00. The van der Waals surface area contributed by atoms with Crippen LogP contribution in [-0.4, -0.2) is 26.2 Å². The van der Waals surface area contributed by atoms with Crippen molar-refractivity contribution in [1.29, 1.82) is 0 Å². The Morgan fingerprint density at radius 2 is 1.44 bits per heavy atom. The molecule has 0 saturated heterocycles. The van der Waals surface area contributed by atoms with Crippen molar-refractivity contribution in [3.8, 4) is 17.1 Å². The lowest BCUT2D eigenvalue weighted by molar-refractivity contribution is 0.0592. The largest absolute Gasteiger partial charge is 0.484 e. The summed E-state index contributed by atoms with van der Waals surface area (Å²) in [4.78, 5) is 24.2. The number of carbonyl (C=O) groups excluding carboxylic acids is 2. The van der Waals surface area contributed by atoms with E-state index in [2.05, 4.69) is 0 Å². The van der Waals surface area contributed by atoms with Gasteiger partial charge in [0.05, 0.1) is 36.3 Å². The summed E-state index contributed by atoms with van der Waals surface area (Å²) in [7, 11) is 2.66. The molecule has 0 N–H and O–H groups in total. The first-order valence-electron chi connectivity index (χ1n) is 10.5. The van der Waals surface area contributed by atoms with Gasteiger partial charge in [-0.05, 0) is 42.0 Å². The molecule has 5 aromatic rings. The highest BCUT2D eigenvalue weighted by Gasteiger charge is 2.23. The maximum atomic E-state index is 12.1. The van der Waals surface area contributed by atoms with Crippen molar-refractivity contribution in [2.24, 2.45) is 0 Å². The molecule has 0 aliphatic rings. The number of methoxy groups -OCH3 is 2. The van der Waals surface area contributed by atoms with Gasteiger partial charge in [0.15, 0.2) is 11.5 Å². The third kappa shape index (κ3) is 3.77. The molecule has 0 aliphatic heterocycles. The predicted molar refractivity (Wildman–Crippen MR) is 125 cm³/mol. The van der Waals surface area contributed by atoms with E-state index in [0.717, 1.165) is 5.56 Å². The highest BCUT2D eigenvalue weighted by atomic mass is 16.5. The molecule has 5 rings (SSSR count). The van der Waals surface area contributed by atoms with Gasteiger partial charge >= 0.3 is 11.9 Å². The molecule has 0 amide bonds. The molecule has 0 unspecified atom stereocenters. The number of benzene rings is 3. The van der Waals surface area contributed by atoms with Crippen molar-refractivity contribution in [3.05, 3.63) is 89.7 Å². The van der Waals surface area contributed by atoms with E-state index in [1.165, 1.54) is 14.2 Å². The quantitative estimate of drug-likeness (QED) is 0.290. The van der Waals surface area contributed by atoms with Crippen LogP contribution in [0.1, 0.15) is 26.3 Å². The summed E-state index contributed by atoms with van der Waals surface area (Å²) in [6.07, 6.45) is 1.56. The minimum Gasteiger partial charge on any atom is -0.484 e. The number of rotatable bonds is 6. The van der Waals surface area contributed by atoms with E-state index in [9.17, 15) is 9.59 Å². The maximum absolute atomic E-state index is 12.1. The molecule has 7 heteroatoms. The fourth-order valence-corrected chi connectivity index (χ4v) is 3.82. The molecule has 170 valence electrons. The van der Waals surface area contributed by atoms with Gasteiger partial charge in [-0.1, -0.05) is 30.3 Å². The van der Waals surface area contributed by atoms with Gasteiger partial charge in [0.2, 0.25) is 0 Å². The topological polar surface area (TPSA) is 88.1 Å². The van der Waals surface area contributed by atoms with Gasteiger partial charge in [0.25, 0.3) is 0 Å². The van der Waals surface area contributed by atoms with E-state index in [-0.39, 0.29) is 6.61 Å². The summed E-state index contributed by atoms with van der Waals surface area (Å²) in [5.41, 5.74) is 3.44. The summed E-state index contributed by atoms with van der Waals surface area (Å²) in [5.74, 6) is -0.0402. The lowest BCUT2D eigenvalue weighted by Gasteiger charge is -2.07. The van der Waals surface area contributed by atoms with Crippen LogP contribution in [0, 0.1) is 0 Å². The molecule has 0 atom stereocenters. The Balaban J connectivity index is 1.68. The van der Waals surface area contributed by atoms with E-state index >= 15 is 0 Å². The van der Waals surface area contributed by atoms with Crippen molar-refractivity contribution >= 4 is 33.9 Å². The van der Waals surface area contributed by atoms with Crippen molar-refractivity contribution in [3.63, 3.8) is 0 Å². The van der Waals surface area contributed by atoms with Crippen LogP contribution in [0.4, 0.5) is 0 Å². The van der Waals surface area contributed by atoms with E-state index in [1.807, 2.05) is 30.3 Å². The molecule has 3 aromatic carbocycles. The van der Waals surface area contributed by atoms with Gasteiger partial charge < -0.3 is 23.0 Å². The lowest BCUT2D eigenvalue weighted by atomic mass is 10.1. The zero-order valence-electron chi connectivity index (χ0n) is 18.5. The van der Waals surface area contributed by atoms with E-state index < -0.39 is 11.9 Å². The zero-order valence-corrected chi connectivity index (χ0v) is 18.5. The summed E-state index contributed by atoms with van der Waals surface area (Å²) in [5, 5.41) is 1.28. The molecule has 0 saturated carbocycles. The Hall–Kier alpha value is -4.52. The van der Waals surface area contributed by atoms with Gasteiger partial charge in [0.1, 0.15) is 24.0 Å². The number of esters is 2. The molecular weight excluding hydrogens is 436 g/mol. The molecule has 0 bridgehead atoms. The average Bonchev–Trinajstić information content (AvgIpc) is 3.47. The van der Waals surface area contributed by atoms with E-state index in [4.69, 9.17) is 23.0 Å². The normalized spacial score (nSPS) is 11.0. The zero-order chi connectivity index (χ0) is 23.7. The second-order valence-corrected chi connectivity index (χ2v) is 7.59. The van der Waals surface area contributed by atoms with Crippen LogP contribution in [0.5, 0.6) is 5.75 Å². The summed E-state index contributed by atoms with van der Waals surface area (Å²) >= 11 is 0. The van der Waals surface area contributed by atoms with Crippen LogP contribution >= 0.6 is 0 Å². The van der Waals surface area contributed by atoms with Crippen molar-refractivity contribution in [2.45, 2.75) is 6.61 Å². The molecule has 34 heavy (non-hydrogen) atoms. The number of carbonyl (C=O) groups is 2. The Labute approximate surface area is 194 Å². The third-order valence-electron chi connectivity index (χ3n) is 5.53. The second-order valence-electron chi connectivity index (χ2n) is 7.59. The standard InChI is InChI=1S/C27H20O7/c1-30-26(28)17-8-10-22-19(12-17)21(15-32-22)25-24(33-14-16-6-4-3-5-7-16)20-13-18(27(29)31-2)9-11-23(20)34-25/h3-13,15H,14H2,1-2H3. The summed E-state index contributed by atoms with van der Waals surface area (Å²) in [6.45, 7) is 0.286. The Morgan fingerprint density at radius 3 is 2.12 bits per heavy atom. The fourth-order valence-electron chi connectivity index (χ4n) is 3.82. The van der Waals surface area contributed by atoms with Gasteiger partial charge in [-0.25, -0.2) is 9.59 Å². The molecule has 0 aliphatic carbocycles. The van der Waals surface area contributed by atoms with Gasteiger partial charge in [-0.2, -0.15) is 0 Å². The minimum absolute atomic E-state index is 0.286. The van der Waals surface area contributed by atoms with Crippen LogP contribution in [0.3, 0.4) is 0 Å².